The minimum Gasteiger partial charge on any atom is -0.457 e. The van der Waals surface area contributed by atoms with Crippen molar-refractivity contribution in [2.75, 3.05) is 33.0 Å². The fourth-order valence-corrected chi connectivity index (χ4v) is 6.35. The molecule has 60 heavy (non-hydrogen) atoms. The summed E-state index contributed by atoms with van der Waals surface area (Å²) in [5.74, 6) is -0.395. The lowest BCUT2D eigenvalue weighted by Gasteiger charge is -2.20. The van der Waals surface area contributed by atoms with Crippen molar-refractivity contribution in [3.63, 3.8) is 0 Å². The minimum atomic E-state index is -4.31. The normalized spacial score (nSPS) is 14.5. The van der Waals surface area contributed by atoms with Gasteiger partial charge >= 0.3 is 13.8 Å². The van der Waals surface area contributed by atoms with Crippen LogP contribution in [0.1, 0.15) is 155 Å². The standard InChI is InChI=1S/C51H84NO7P/c1-3-5-7-9-11-13-15-17-19-21-22-23-24-25-26-27-29-31-33-35-37-39-41-43-46-56-48-50(49-58-60(54,55)57-47-45-52)59-51(53)44-42-40-38-36-34-32-30-28-20-18-16-14-12-10-8-6-4-2/h5-8,11-14,17-20,22-23,25-26,30,32,36,38,50H,3-4,9-10,15-16,21,24,27-29,31,33-35,37,39-49,52H2,1-2H3,(H,54,55)/b7-5-,8-6-,13-11-,14-12-,19-17-,20-18-,23-22-,26-25-,32-30-,38-36-. The highest BCUT2D eigenvalue weighted by molar-refractivity contribution is 7.47. The smallest absolute Gasteiger partial charge is 0.457 e. The van der Waals surface area contributed by atoms with E-state index in [9.17, 15) is 14.3 Å². The van der Waals surface area contributed by atoms with Gasteiger partial charge in [0, 0.05) is 19.6 Å². The first-order chi connectivity index (χ1) is 29.4. The van der Waals surface area contributed by atoms with Crippen molar-refractivity contribution in [1.82, 2.24) is 0 Å². The molecule has 0 saturated heterocycles. The number of nitrogens with two attached hydrogens (primary N) is 1. The van der Waals surface area contributed by atoms with Crippen molar-refractivity contribution in [1.29, 1.82) is 0 Å². The van der Waals surface area contributed by atoms with Gasteiger partial charge in [0.05, 0.1) is 19.8 Å². The van der Waals surface area contributed by atoms with E-state index in [4.69, 9.17) is 24.3 Å². The summed E-state index contributed by atoms with van der Waals surface area (Å²) in [7, 11) is -4.31. The SMILES string of the molecule is CC/C=C\C/C=C\C/C=C\C/C=C\C/C=C\CCCCCCCCCCOCC(COP(=O)(O)OCCN)OC(=O)CCC/C=C\C/C=C\C/C=C\C/C=C\C/C=C\CC. The number of phosphoric ester groups is 1. The number of rotatable bonds is 42. The maximum absolute atomic E-state index is 12.6. The van der Waals surface area contributed by atoms with Crippen LogP contribution < -0.4 is 5.73 Å². The summed E-state index contributed by atoms with van der Waals surface area (Å²) >= 11 is 0. The molecule has 0 saturated carbocycles. The predicted octanol–water partition coefficient (Wildman–Crippen LogP) is 14.2. The van der Waals surface area contributed by atoms with Crippen LogP contribution in [-0.2, 0) is 27.9 Å². The molecule has 0 aliphatic rings. The first kappa shape index (κ1) is 56.9. The third kappa shape index (κ3) is 46.0. The minimum absolute atomic E-state index is 0.0787. The van der Waals surface area contributed by atoms with E-state index in [2.05, 4.69) is 135 Å². The van der Waals surface area contributed by atoms with Gasteiger partial charge in [-0.05, 0) is 96.3 Å². The highest BCUT2D eigenvalue weighted by Gasteiger charge is 2.25. The number of carbonyl (C=O) groups is 1. The highest BCUT2D eigenvalue weighted by Crippen LogP contribution is 2.43. The molecule has 2 atom stereocenters. The van der Waals surface area contributed by atoms with E-state index < -0.39 is 19.9 Å². The zero-order valence-electron chi connectivity index (χ0n) is 37.6. The molecule has 0 aromatic carbocycles. The van der Waals surface area contributed by atoms with E-state index in [0.717, 1.165) is 96.3 Å². The number of phosphoric acid groups is 1. The van der Waals surface area contributed by atoms with E-state index in [1.54, 1.807) is 0 Å². The molecule has 0 aromatic rings. The van der Waals surface area contributed by atoms with E-state index in [1.807, 2.05) is 0 Å². The van der Waals surface area contributed by atoms with Gasteiger partial charge in [-0.25, -0.2) is 4.57 Å². The largest absolute Gasteiger partial charge is 0.472 e. The summed E-state index contributed by atoms with van der Waals surface area (Å²) in [6.45, 7) is 4.56. The Hall–Kier alpha value is -3.10. The number of ether oxygens (including phenoxy) is 2. The number of carbonyl (C=O) groups excluding carboxylic acids is 1. The lowest BCUT2D eigenvalue weighted by atomic mass is 10.1. The average molecular weight is 854 g/mol. The number of allylic oxidation sites excluding steroid dienone is 20. The molecule has 0 fully saturated rings. The first-order valence-electron chi connectivity index (χ1n) is 23.0. The van der Waals surface area contributed by atoms with Crippen molar-refractivity contribution in [3.8, 4) is 0 Å². The van der Waals surface area contributed by atoms with Gasteiger partial charge in [0.25, 0.3) is 0 Å². The average Bonchev–Trinajstić information content (AvgIpc) is 3.24. The summed E-state index contributed by atoms with van der Waals surface area (Å²) in [4.78, 5) is 22.5. The van der Waals surface area contributed by atoms with Crippen molar-refractivity contribution >= 4 is 13.8 Å². The van der Waals surface area contributed by atoms with Crippen LogP contribution in [0.3, 0.4) is 0 Å². The third-order valence-corrected chi connectivity index (χ3v) is 9.86. The Labute approximate surface area is 366 Å². The molecule has 8 nitrogen and oxygen atoms in total. The molecule has 0 heterocycles. The second-order valence-electron chi connectivity index (χ2n) is 14.5. The summed E-state index contributed by atoms with van der Waals surface area (Å²) < 4.78 is 33.4. The third-order valence-electron chi connectivity index (χ3n) is 8.87. The van der Waals surface area contributed by atoms with E-state index in [-0.39, 0.29) is 32.8 Å². The topological polar surface area (TPSA) is 117 Å². The van der Waals surface area contributed by atoms with E-state index in [1.165, 1.54) is 32.1 Å². The second-order valence-corrected chi connectivity index (χ2v) is 16.0. The quantitative estimate of drug-likeness (QED) is 0.0270. The Morgan fingerprint density at radius 3 is 1.32 bits per heavy atom. The molecule has 0 amide bonds. The van der Waals surface area contributed by atoms with E-state index >= 15 is 0 Å². The van der Waals surface area contributed by atoms with Gasteiger partial charge < -0.3 is 20.1 Å². The van der Waals surface area contributed by atoms with Crippen LogP contribution in [0.2, 0.25) is 0 Å². The molecule has 0 rings (SSSR count). The summed E-state index contributed by atoms with van der Waals surface area (Å²) in [5, 5.41) is 0. The molecule has 0 aliphatic heterocycles. The Kier molecular flexibility index (Phi) is 44.5. The fourth-order valence-electron chi connectivity index (χ4n) is 5.59. The monoisotopic (exact) mass is 854 g/mol. The molecule has 0 bridgehead atoms. The lowest BCUT2D eigenvalue weighted by molar-refractivity contribution is -0.154. The summed E-state index contributed by atoms with van der Waals surface area (Å²) in [6, 6.07) is 0. The molecule has 0 spiro atoms. The van der Waals surface area contributed by atoms with Crippen LogP contribution in [0, 0.1) is 0 Å². The predicted molar refractivity (Wildman–Crippen MR) is 256 cm³/mol. The molecule has 2 unspecified atom stereocenters. The Balaban J connectivity index is 4.12. The molecule has 0 radical (unpaired) electrons. The van der Waals surface area contributed by atoms with Crippen molar-refractivity contribution in [2.24, 2.45) is 5.73 Å². The van der Waals surface area contributed by atoms with Gasteiger partial charge in [-0.3, -0.25) is 13.8 Å². The second kappa shape index (κ2) is 47.0. The van der Waals surface area contributed by atoms with Crippen LogP contribution in [0.5, 0.6) is 0 Å². The van der Waals surface area contributed by atoms with Crippen molar-refractivity contribution in [3.05, 3.63) is 122 Å². The van der Waals surface area contributed by atoms with Crippen LogP contribution >= 0.6 is 7.82 Å². The van der Waals surface area contributed by atoms with Crippen molar-refractivity contribution < 1.29 is 32.8 Å². The summed E-state index contributed by atoms with van der Waals surface area (Å²) in [6.07, 6.45) is 65.2. The Morgan fingerprint density at radius 1 is 0.500 bits per heavy atom. The van der Waals surface area contributed by atoms with E-state index in [0.29, 0.717) is 13.0 Å². The zero-order valence-corrected chi connectivity index (χ0v) is 38.5. The molecule has 3 N–H and O–H groups in total. The van der Waals surface area contributed by atoms with Crippen LogP contribution in [0.4, 0.5) is 0 Å². The highest BCUT2D eigenvalue weighted by atomic mass is 31.2. The maximum Gasteiger partial charge on any atom is 0.472 e. The van der Waals surface area contributed by atoms with Gasteiger partial charge in [-0.2, -0.15) is 0 Å². The van der Waals surface area contributed by atoms with Crippen LogP contribution in [-0.4, -0.2) is 49.9 Å². The van der Waals surface area contributed by atoms with Crippen molar-refractivity contribution in [2.45, 2.75) is 161 Å². The number of esters is 1. The Bertz CT molecular complexity index is 1320. The molecule has 0 aromatic heterocycles. The maximum atomic E-state index is 12.6. The Morgan fingerprint density at radius 2 is 0.883 bits per heavy atom. The van der Waals surface area contributed by atoms with Gasteiger partial charge in [0.1, 0.15) is 6.10 Å². The molecule has 340 valence electrons. The summed E-state index contributed by atoms with van der Waals surface area (Å²) in [5.41, 5.74) is 5.37. The number of unbranched alkanes of at least 4 members (excludes halogenated alkanes) is 9. The zero-order chi connectivity index (χ0) is 43.7. The molecule has 0 aliphatic carbocycles. The number of hydrogen-bond acceptors (Lipinski definition) is 7. The lowest BCUT2D eigenvalue weighted by Crippen LogP contribution is -2.28. The fraction of sp³-hybridized carbons (Fsp3) is 0.588. The first-order valence-corrected chi connectivity index (χ1v) is 24.5. The van der Waals surface area contributed by atoms with Crippen LogP contribution in [0.25, 0.3) is 0 Å². The molecule has 9 heteroatoms. The molecular formula is C51H84NO7P. The van der Waals surface area contributed by atoms with Gasteiger partial charge in [-0.1, -0.05) is 174 Å². The van der Waals surface area contributed by atoms with Gasteiger partial charge in [0.15, 0.2) is 0 Å². The molecular weight excluding hydrogens is 770 g/mol. The number of hydrogen-bond donors (Lipinski definition) is 2. The van der Waals surface area contributed by atoms with Gasteiger partial charge in [-0.15, -0.1) is 0 Å². The van der Waals surface area contributed by atoms with Gasteiger partial charge in [0.2, 0.25) is 0 Å². The van der Waals surface area contributed by atoms with Crippen LogP contribution in [0.15, 0.2) is 122 Å².